The fourth-order valence-electron chi connectivity index (χ4n) is 1.66. The molecule has 1 heterocycles. The second-order valence-electron chi connectivity index (χ2n) is 3.27. The number of allylic oxidation sites excluding steroid dienone is 4. The lowest BCUT2D eigenvalue weighted by Gasteiger charge is -2.31. The molecule has 0 aromatic rings. The van der Waals surface area contributed by atoms with E-state index < -0.39 is 0 Å². The van der Waals surface area contributed by atoms with Gasteiger partial charge >= 0.3 is 0 Å². The second-order valence-corrected chi connectivity index (χ2v) is 3.76. The van der Waals surface area contributed by atoms with Crippen molar-refractivity contribution in [3.63, 3.8) is 0 Å². The van der Waals surface area contributed by atoms with Crippen molar-refractivity contribution < 1.29 is 0 Å². The third-order valence-corrected chi connectivity index (χ3v) is 2.75. The van der Waals surface area contributed by atoms with Crippen molar-refractivity contribution in [2.24, 2.45) is 0 Å². The summed E-state index contributed by atoms with van der Waals surface area (Å²) in [6, 6.07) is 0. The maximum atomic E-state index is 5.32. The molecule has 1 radical (unpaired) electrons. The normalized spacial score (nSPS) is 23.2. The van der Waals surface area contributed by atoms with E-state index >= 15 is 0 Å². The summed E-state index contributed by atoms with van der Waals surface area (Å²) >= 11 is 5.32. The van der Waals surface area contributed by atoms with Crippen LogP contribution in [0.2, 0.25) is 0 Å². The zero-order chi connectivity index (χ0) is 9.10. The van der Waals surface area contributed by atoms with Gasteiger partial charge in [-0.2, -0.15) is 0 Å². The Hall–Kier alpha value is -0.670. The lowest BCUT2D eigenvalue weighted by molar-refractivity contribution is 0.308. The molecule has 1 fully saturated rings. The number of piperazine rings is 1. The van der Waals surface area contributed by atoms with E-state index in [2.05, 4.69) is 28.4 Å². The van der Waals surface area contributed by atoms with Crippen LogP contribution in [0.4, 0.5) is 0 Å². The first-order chi connectivity index (χ1) is 6.38. The van der Waals surface area contributed by atoms with Crippen LogP contribution in [0.5, 0.6) is 0 Å². The van der Waals surface area contributed by atoms with Crippen LogP contribution in [0.1, 0.15) is 6.42 Å². The Morgan fingerprint density at radius 2 is 2.08 bits per heavy atom. The van der Waals surface area contributed by atoms with E-state index in [0.717, 1.165) is 37.5 Å². The molecule has 0 spiro atoms. The molecule has 1 aliphatic carbocycles. The topological polar surface area (TPSA) is 17.3 Å². The van der Waals surface area contributed by atoms with Crippen molar-refractivity contribution in [2.75, 3.05) is 26.2 Å². The molecule has 0 bridgehead atoms. The van der Waals surface area contributed by atoms with E-state index in [1.54, 1.807) is 0 Å². The summed E-state index contributed by atoms with van der Waals surface area (Å²) in [6.45, 7) is 3.95. The molecule has 0 saturated carbocycles. The van der Waals surface area contributed by atoms with Crippen LogP contribution in [0.25, 0.3) is 0 Å². The Bertz CT molecular complexity index is 262. The zero-order valence-electron chi connectivity index (χ0n) is 7.57. The van der Waals surface area contributed by atoms with Gasteiger partial charge in [-0.3, -0.25) is 0 Å². The van der Waals surface area contributed by atoms with Crippen molar-refractivity contribution in [1.29, 1.82) is 0 Å². The lowest BCUT2D eigenvalue weighted by Crippen LogP contribution is -2.41. The molecule has 3 heteroatoms. The summed E-state index contributed by atoms with van der Waals surface area (Å²) in [5.74, 6) is 0. The van der Waals surface area contributed by atoms with E-state index in [4.69, 9.17) is 12.2 Å². The minimum atomic E-state index is 0.925. The van der Waals surface area contributed by atoms with Gasteiger partial charge in [0.05, 0.1) is 5.70 Å². The first-order valence-electron chi connectivity index (χ1n) is 4.66. The maximum Gasteiger partial charge on any atom is 0.0511 e. The molecule has 1 aliphatic heterocycles. The van der Waals surface area contributed by atoms with Gasteiger partial charge in [0.25, 0.3) is 0 Å². The Kier molecular flexibility index (Phi) is 2.76. The molecule has 0 N–H and O–H groups in total. The Morgan fingerprint density at radius 3 is 2.77 bits per heavy atom. The molecule has 0 aromatic heterocycles. The maximum absolute atomic E-state index is 5.32. The van der Waals surface area contributed by atoms with Crippen molar-refractivity contribution in [2.45, 2.75) is 6.42 Å². The monoisotopic (exact) mass is 193 g/mol. The third-order valence-electron chi connectivity index (χ3n) is 2.38. The van der Waals surface area contributed by atoms with E-state index in [0.29, 0.717) is 0 Å². The second kappa shape index (κ2) is 4.03. The van der Waals surface area contributed by atoms with Crippen LogP contribution in [0.3, 0.4) is 0 Å². The van der Waals surface area contributed by atoms with Crippen LogP contribution >= 0.6 is 12.2 Å². The highest BCUT2D eigenvalue weighted by molar-refractivity contribution is 7.80. The average molecular weight is 193 g/mol. The van der Waals surface area contributed by atoms with Gasteiger partial charge in [0.1, 0.15) is 0 Å². The van der Waals surface area contributed by atoms with Gasteiger partial charge in [0, 0.05) is 37.5 Å². The quantitative estimate of drug-likeness (QED) is 0.581. The summed E-state index contributed by atoms with van der Waals surface area (Å²) in [7, 11) is 0. The summed E-state index contributed by atoms with van der Waals surface area (Å²) < 4.78 is 0. The number of thiocarbonyl (C=S) groups is 1. The van der Waals surface area contributed by atoms with Crippen LogP contribution < -0.4 is 5.32 Å². The number of rotatable bonds is 1. The predicted octanol–water partition coefficient (Wildman–Crippen LogP) is 1.12. The molecule has 0 aromatic carbocycles. The number of hydrogen-bond acceptors (Lipinski definition) is 2. The van der Waals surface area contributed by atoms with E-state index in [1.165, 1.54) is 5.70 Å². The van der Waals surface area contributed by atoms with Crippen molar-refractivity contribution in [1.82, 2.24) is 10.2 Å². The highest BCUT2D eigenvalue weighted by Crippen LogP contribution is 2.15. The molecular weight excluding hydrogens is 180 g/mol. The molecule has 1 saturated heterocycles. The Labute approximate surface area is 84.3 Å². The highest BCUT2D eigenvalue weighted by atomic mass is 32.1. The molecule has 2 rings (SSSR count). The molecular formula is C10H13N2S. The molecule has 69 valence electrons. The summed E-state index contributed by atoms with van der Waals surface area (Å²) in [5, 5.41) is 4.32. The standard InChI is InChI=1S/C10H13N2S/c13-10-4-2-1-3-9(10)12-7-5-11-6-8-12/h1-3H,4-8H2. The van der Waals surface area contributed by atoms with Gasteiger partial charge in [-0.1, -0.05) is 24.4 Å². The third kappa shape index (κ3) is 1.98. The van der Waals surface area contributed by atoms with E-state index in [1.807, 2.05) is 0 Å². The van der Waals surface area contributed by atoms with Crippen LogP contribution in [-0.4, -0.2) is 35.9 Å². The smallest absolute Gasteiger partial charge is 0.0511 e. The lowest BCUT2D eigenvalue weighted by atomic mass is 10.1. The Balaban J connectivity index is 2.09. The van der Waals surface area contributed by atoms with Crippen LogP contribution in [-0.2, 0) is 0 Å². The first kappa shape index (κ1) is 8.91. The fraction of sp³-hybridized carbons (Fsp3) is 0.500. The highest BCUT2D eigenvalue weighted by Gasteiger charge is 2.16. The van der Waals surface area contributed by atoms with E-state index in [-0.39, 0.29) is 0 Å². The van der Waals surface area contributed by atoms with Crippen molar-refractivity contribution in [3.8, 4) is 0 Å². The van der Waals surface area contributed by atoms with Gasteiger partial charge in [0.15, 0.2) is 0 Å². The van der Waals surface area contributed by atoms with Crippen molar-refractivity contribution in [3.05, 3.63) is 23.9 Å². The van der Waals surface area contributed by atoms with Crippen LogP contribution in [0.15, 0.2) is 23.9 Å². The minimum Gasteiger partial charge on any atom is -0.368 e. The summed E-state index contributed by atoms with van der Waals surface area (Å²) in [6.07, 6.45) is 7.25. The van der Waals surface area contributed by atoms with Gasteiger partial charge in [0.2, 0.25) is 0 Å². The molecule has 0 amide bonds. The first-order valence-corrected chi connectivity index (χ1v) is 5.07. The molecule has 13 heavy (non-hydrogen) atoms. The summed E-state index contributed by atoms with van der Waals surface area (Å²) in [5.41, 5.74) is 1.24. The van der Waals surface area contributed by atoms with E-state index in [9.17, 15) is 0 Å². The van der Waals surface area contributed by atoms with Gasteiger partial charge in [-0.05, 0) is 6.08 Å². The van der Waals surface area contributed by atoms with Crippen molar-refractivity contribution >= 4 is 17.1 Å². The van der Waals surface area contributed by atoms with Gasteiger partial charge in [-0.25, -0.2) is 5.32 Å². The number of hydrogen-bond donors (Lipinski definition) is 0. The molecule has 0 unspecified atom stereocenters. The zero-order valence-corrected chi connectivity index (χ0v) is 8.39. The predicted molar refractivity (Wildman–Crippen MR) is 57.9 cm³/mol. The SMILES string of the molecule is S=C1CC=CC=C1N1CC[N]CC1. The number of nitrogens with zero attached hydrogens (tertiary/aromatic N) is 2. The molecule has 2 aliphatic rings. The fourth-order valence-corrected chi connectivity index (χ4v) is 1.95. The summed E-state index contributed by atoms with van der Waals surface area (Å²) in [4.78, 5) is 3.42. The minimum absolute atomic E-state index is 0.925. The Morgan fingerprint density at radius 1 is 1.31 bits per heavy atom. The van der Waals surface area contributed by atoms with Crippen LogP contribution in [0, 0.1) is 0 Å². The molecule has 2 nitrogen and oxygen atoms in total. The largest absolute Gasteiger partial charge is 0.368 e. The molecule has 0 atom stereocenters. The van der Waals surface area contributed by atoms with Gasteiger partial charge in [-0.15, -0.1) is 0 Å². The van der Waals surface area contributed by atoms with Gasteiger partial charge < -0.3 is 4.90 Å². The average Bonchev–Trinajstić information content (AvgIpc) is 2.20.